The van der Waals surface area contributed by atoms with Crippen molar-refractivity contribution >= 4 is 20.7 Å². The summed E-state index contributed by atoms with van der Waals surface area (Å²) >= 11 is 0. The zero-order chi connectivity index (χ0) is 22.0. The van der Waals surface area contributed by atoms with Crippen molar-refractivity contribution in [2.24, 2.45) is 18.9 Å². The molecule has 3 aliphatic rings. The van der Waals surface area contributed by atoms with Crippen LogP contribution in [0.2, 0.25) is 0 Å². The SMILES string of the molecule is Cc1cc2cnn(-c3cnn(C)c3)c2cc1C1CC2CN(C3CCS(=O)(=O)CC3)C[C@H]2C1. The topological polar surface area (TPSA) is 73.0 Å². The molecule has 7 nitrogen and oxygen atoms in total. The molecule has 3 aromatic rings. The van der Waals surface area contributed by atoms with Crippen molar-refractivity contribution in [2.45, 2.75) is 44.6 Å². The molecule has 3 fully saturated rings. The summed E-state index contributed by atoms with van der Waals surface area (Å²) in [5.74, 6) is 2.81. The molecule has 1 saturated carbocycles. The average Bonchev–Trinajstić information content (AvgIpc) is 3.50. The van der Waals surface area contributed by atoms with E-state index in [-0.39, 0.29) is 0 Å². The lowest BCUT2D eigenvalue weighted by molar-refractivity contribution is 0.208. The zero-order valence-electron chi connectivity index (χ0n) is 18.8. The number of likely N-dealkylation sites (tertiary alicyclic amines) is 1. The van der Waals surface area contributed by atoms with Crippen molar-refractivity contribution in [2.75, 3.05) is 24.6 Å². The van der Waals surface area contributed by atoms with Crippen LogP contribution in [0.25, 0.3) is 16.6 Å². The van der Waals surface area contributed by atoms with Gasteiger partial charge in [0.05, 0.1) is 35.6 Å². The molecule has 6 rings (SSSR count). The van der Waals surface area contributed by atoms with Crippen LogP contribution in [0.1, 0.15) is 42.7 Å². The van der Waals surface area contributed by atoms with Crippen LogP contribution in [0.15, 0.2) is 30.7 Å². The van der Waals surface area contributed by atoms with Gasteiger partial charge in [-0.25, -0.2) is 13.1 Å². The molecule has 2 aromatic heterocycles. The lowest BCUT2D eigenvalue weighted by Crippen LogP contribution is -2.40. The fourth-order valence-corrected chi connectivity index (χ4v) is 7.96. The Bertz CT molecular complexity index is 1250. The van der Waals surface area contributed by atoms with E-state index in [1.165, 1.54) is 29.4 Å². The third-order valence-electron chi connectivity index (χ3n) is 8.15. The van der Waals surface area contributed by atoms with E-state index in [1.807, 2.05) is 35.0 Å². The highest BCUT2D eigenvalue weighted by molar-refractivity contribution is 7.91. The van der Waals surface area contributed by atoms with Crippen molar-refractivity contribution in [3.8, 4) is 5.69 Å². The fourth-order valence-electron chi connectivity index (χ4n) is 6.50. The summed E-state index contributed by atoms with van der Waals surface area (Å²) in [6.07, 6.45) is 9.91. The predicted molar refractivity (Wildman–Crippen MR) is 125 cm³/mol. The third kappa shape index (κ3) is 3.48. The van der Waals surface area contributed by atoms with Gasteiger partial charge in [0.2, 0.25) is 0 Å². The molecule has 0 spiro atoms. The first-order valence-electron chi connectivity index (χ1n) is 11.8. The lowest BCUT2D eigenvalue weighted by atomic mass is 9.91. The summed E-state index contributed by atoms with van der Waals surface area (Å²) in [6, 6.07) is 5.11. The standard InChI is InChI=1S/C24H31N5O2S/c1-16-7-18-11-26-29(22-12-25-27(2)15-22)24(18)10-23(16)17-8-19-13-28(14-20(19)9-17)21-3-5-32(30,31)6-4-21/h7,10-12,15,17,19-21H,3-6,8-9,13-14H2,1-2H3/t17?,19-,20?/m1/s1. The number of hydrogen-bond acceptors (Lipinski definition) is 5. The van der Waals surface area contributed by atoms with E-state index in [2.05, 4.69) is 34.2 Å². The molecular formula is C24H31N5O2S. The highest BCUT2D eigenvalue weighted by Gasteiger charge is 2.44. The number of nitrogens with zero attached hydrogens (tertiary/aromatic N) is 5. The zero-order valence-corrected chi connectivity index (χ0v) is 19.6. The number of benzene rings is 1. The molecule has 0 radical (unpaired) electrons. The molecule has 0 N–H and O–H groups in total. The molecule has 8 heteroatoms. The molecule has 170 valence electrons. The van der Waals surface area contributed by atoms with Crippen molar-refractivity contribution in [1.29, 1.82) is 0 Å². The van der Waals surface area contributed by atoms with Gasteiger partial charge >= 0.3 is 0 Å². The number of aromatic nitrogens is 4. The van der Waals surface area contributed by atoms with E-state index in [0.717, 1.165) is 49.0 Å². The Labute approximate surface area is 189 Å². The molecule has 3 atom stereocenters. The Kier molecular flexibility index (Phi) is 4.73. The quantitative estimate of drug-likeness (QED) is 0.609. The van der Waals surface area contributed by atoms with Gasteiger partial charge in [0, 0.05) is 31.6 Å². The maximum Gasteiger partial charge on any atom is 0.150 e. The minimum Gasteiger partial charge on any atom is -0.300 e. The molecule has 1 aromatic carbocycles. The van der Waals surface area contributed by atoms with Crippen molar-refractivity contribution in [3.05, 3.63) is 41.9 Å². The summed E-state index contributed by atoms with van der Waals surface area (Å²) < 4.78 is 27.4. The van der Waals surface area contributed by atoms with Gasteiger partial charge in [-0.3, -0.25) is 9.58 Å². The van der Waals surface area contributed by atoms with E-state index in [0.29, 0.717) is 23.5 Å². The lowest BCUT2D eigenvalue weighted by Gasteiger charge is -2.32. The van der Waals surface area contributed by atoms with Crippen LogP contribution in [0.5, 0.6) is 0 Å². The van der Waals surface area contributed by atoms with E-state index in [9.17, 15) is 8.42 Å². The van der Waals surface area contributed by atoms with Gasteiger partial charge in [0.25, 0.3) is 0 Å². The Morgan fingerprint density at radius 1 is 1.00 bits per heavy atom. The summed E-state index contributed by atoms with van der Waals surface area (Å²) in [4.78, 5) is 2.60. The number of fused-ring (bicyclic) bond motifs is 2. The van der Waals surface area contributed by atoms with Crippen LogP contribution in [0, 0.1) is 18.8 Å². The average molecular weight is 454 g/mol. The van der Waals surface area contributed by atoms with Gasteiger partial charge in [-0.05, 0) is 73.6 Å². The van der Waals surface area contributed by atoms with Crippen LogP contribution < -0.4 is 0 Å². The molecule has 4 heterocycles. The minimum atomic E-state index is -2.79. The van der Waals surface area contributed by atoms with Gasteiger partial charge in [-0.2, -0.15) is 10.2 Å². The van der Waals surface area contributed by atoms with E-state index in [1.54, 1.807) is 0 Å². The Morgan fingerprint density at radius 3 is 2.38 bits per heavy atom. The van der Waals surface area contributed by atoms with Gasteiger partial charge in [-0.1, -0.05) is 0 Å². The molecule has 2 aliphatic heterocycles. The first-order valence-corrected chi connectivity index (χ1v) is 13.6. The monoisotopic (exact) mass is 453 g/mol. The fraction of sp³-hybridized carbons (Fsp3) is 0.583. The Hall–Kier alpha value is -2.19. The Balaban J connectivity index is 1.21. The summed E-state index contributed by atoms with van der Waals surface area (Å²) in [7, 11) is -0.860. The van der Waals surface area contributed by atoms with Crippen molar-refractivity contribution in [3.63, 3.8) is 0 Å². The maximum absolute atomic E-state index is 11.8. The van der Waals surface area contributed by atoms with Gasteiger partial charge in [0.15, 0.2) is 0 Å². The second-order valence-electron chi connectivity index (χ2n) is 10.2. The van der Waals surface area contributed by atoms with Crippen LogP contribution in [0.4, 0.5) is 0 Å². The first kappa shape index (κ1) is 20.4. The second-order valence-corrected chi connectivity index (χ2v) is 12.5. The number of rotatable bonds is 3. The molecule has 0 bridgehead atoms. The summed E-state index contributed by atoms with van der Waals surface area (Å²) in [5.41, 5.74) is 4.97. The van der Waals surface area contributed by atoms with Crippen molar-refractivity contribution in [1.82, 2.24) is 24.5 Å². The van der Waals surface area contributed by atoms with E-state index >= 15 is 0 Å². The van der Waals surface area contributed by atoms with Crippen LogP contribution in [-0.4, -0.2) is 63.5 Å². The van der Waals surface area contributed by atoms with E-state index in [4.69, 9.17) is 0 Å². The van der Waals surface area contributed by atoms with Crippen molar-refractivity contribution < 1.29 is 8.42 Å². The summed E-state index contributed by atoms with van der Waals surface area (Å²) in [6.45, 7) is 4.51. The van der Waals surface area contributed by atoms with Crippen LogP contribution in [0.3, 0.4) is 0 Å². The molecule has 32 heavy (non-hydrogen) atoms. The predicted octanol–water partition coefficient (Wildman–Crippen LogP) is 3.07. The molecular weight excluding hydrogens is 422 g/mol. The van der Waals surface area contributed by atoms with Crippen LogP contribution >= 0.6 is 0 Å². The molecule has 1 aliphatic carbocycles. The highest BCUT2D eigenvalue weighted by Crippen LogP contribution is 2.48. The second kappa shape index (κ2) is 7.42. The van der Waals surface area contributed by atoms with E-state index < -0.39 is 9.84 Å². The molecule has 0 amide bonds. The smallest absolute Gasteiger partial charge is 0.150 e. The van der Waals surface area contributed by atoms with Gasteiger partial charge < -0.3 is 0 Å². The minimum absolute atomic E-state index is 0.371. The van der Waals surface area contributed by atoms with Gasteiger partial charge in [0.1, 0.15) is 15.5 Å². The molecule has 2 saturated heterocycles. The van der Waals surface area contributed by atoms with Gasteiger partial charge in [-0.15, -0.1) is 0 Å². The number of sulfone groups is 1. The number of hydrogen-bond donors (Lipinski definition) is 0. The normalized spacial score (nSPS) is 28.5. The first-order chi connectivity index (χ1) is 15.4. The molecule has 2 unspecified atom stereocenters. The Morgan fingerprint density at radius 2 is 1.72 bits per heavy atom. The summed E-state index contributed by atoms with van der Waals surface area (Å²) in [5, 5.41) is 10.1. The maximum atomic E-state index is 11.8. The third-order valence-corrected chi connectivity index (χ3v) is 9.87. The number of aryl methyl sites for hydroxylation is 2. The van der Waals surface area contributed by atoms with Crippen LogP contribution in [-0.2, 0) is 16.9 Å². The largest absolute Gasteiger partial charge is 0.300 e. The highest BCUT2D eigenvalue weighted by atomic mass is 32.2.